The Bertz CT molecular complexity index is 267. The van der Waals surface area contributed by atoms with Crippen LogP contribution in [0.4, 0.5) is 0 Å². The maximum absolute atomic E-state index is 6.03. The Balaban J connectivity index is 1.93. The molecule has 2 aliphatic rings. The molecule has 3 unspecified atom stereocenters. The lowest BCUT2D eigenvalue weighted by Gasteiger charge is -2.43. The number of hydrogen-bond donors (Lipinski definition) is 1. The van der Waals surface area contributed by atoms with Crippen molar-refractivity contribution in [1.29, 1.82) is 0 Å². The fraction of sp³-hybridized carbons (Fsp3) is 1.00. The Hall–Kier alpha value is -0.120. The molecule has 2 saturated heterocycles. The van der Waals surface area contributed by atoms with Crippen molar-refractivity contribution >= 4 is 0 Å². The van der Waals surface area contributed by atoms with Crippen molar-refractivity contribution in [1.82, 2.24) is 9.80 Å². The van der Waals surface area contributed by atoms with Crippen LogP contribution in [0.5, 0.6) is 0 Å². The van der Waals surface area contributed by atoms with Crippen molar-refractivity contribution in [3.63, 3.8) is 0 Å². The van der Waals surface area contributed by atoms with Crippen molar-refractivity contribution in [3.05, 3.63) is 0 Å². The first-order valence-corrected chi connectivity index (χ1v) is 8.31. The monoisotopic (exact) mass is 267 g/mol. The van der Waals surface area contributed by atoms with E-state index < -0.39 is 0 Å². The van der Waals surface area contributed by atoms with Crippen LogP contribution in [0.15, 0.2) is 0 Å². The lowest BCUT2D eigenvalue weighted by atomic mass is 9.90. The van der Waals surface area contributed by atoms with E-state index in [1.54, 1.807) is 0 Å². The molecule has 2 rings (SSSR count). The molecule has 2 fully saturated rings. The van der Waals surface area contributed by atoms with Gasteiger partial charge in [-0.15, -0.1) is 0 Å². The number of piperidine rings is 1. The third kappa shape index (κ3) is 3.93. The molecular weight excluding hydrogens is 234 g/mol. The summed E-state index contributed by atoms with van der Waals surface area (Å²) in [6, 6.07) is 2.12. The SMILES string of the molecule is CC1CCN(C2CCCN(C(C)C)CC2)C(CN)C1. The highest BCUT2D eigenvalue weighted by atomic mass is 15.2. The smallest absolute Gasteiger partial charge is 0.0223 e. The maximum atomic E-state index is 6.03. The predicted molar refractivity (Wildman–Crippen MR) is 82.3 cm³/mol. The molecule has 112 valence electrons. The predicted octanol–water partition coefficient (Wildman–Crippen LogP) is 2.31. The van der Waals surface area contributed by atoms with Crippen LogP contribution in [0.25, 0.3) is 0 Å². The van der Waals surface area contributed by atoms with Crippen LogP contribution >= 0.6 is 0 Å². The van der Waals surface area contributed by atoms with Crippen LogP contribution in [0.2, 0.25) is 0 Å². The molecule has 0 spiro atoms. The first-order valence-electron chi connectivity index (χ1n) is 8.31. The minimum atomic E-state index is 0.638. The minimum absolute atomic E-state index is 0.638. The summed E-state index contributed by atoms with van der Waals surface area (Å²) in [4.78, 5) is 5.40. The molecule has 0 bridgehead atoms. The second-order valence-electron chi connectivity index (χ2n) is 6.97. The van der Waals surface area contributed by atoms with Crippen LogP contribution in [0.3, 0.4) is 0 Å². The summed E-state index contributed by atoms with van der Waals surface area (Å²) in [6.07, 6.45) is 6.73. The second kappa shape index (κ2) is 7.05. The van der Waals surface area contributed by atoms with Crippen molar-refractivity contribution in [2.75, 3.05) is 26.2 Å². The summed E-state index contributed by atoms with van der Waals surface area (Å²) in [6.45, 7) is 11.7. The Labute approximate surface area is 119 Å². The number of nitrogens with two attached hydrogens (primary N) is 1. The zero-order chi connectivity index (χ0) is 13.8. The quantitative estimate of drug-likeness (QED) is 0.852. The Morgan fingerprint density at radius 1 is 1.11 bits per heavy atom. The summed E-state index contributed by atoms with van der Waals surface area (Å²) in [5.41, 5.74) is 6.03. The van der Waals surface area contributed by atoms with E-state index in [9.17, 15) is 0 Å². The molecular formula is C16H33N3. The van der Waals surface area contributed by atoms with Gasteiger partial charge in [-0.25, -0.2) is 0 Å². The van der Waals surface area contributed by atoms with Crippen LogP contribution < -0.4 is 5.73 Å². The molecule has 2 N–H and O–H groups in total. The first-order chi connectivity index (χ1) is 9.11. The van der Waals surface area contributed by atoms with Crippen molar-refractivity contribution in [3.8, 4) is 0 Å². The molecule has 3 atom stereocenters. The van der Waals surface area contributed by atoms with Crippen LogP contribution in [-0.4, -0.2) is 54.1 Å². The lowest BCUT2D eigenvalue weighted by Crippen LogP contribution is -2.51. The van der Waals surface area contributed by atoms with E-state index >= 15 is 0 Å². The highest BCUT2D eigenvalue weighted by Crippen LogP contribution is 2.28. The van der Waals surface area contributed by atoms with Crippen molar-refractivity contribution in [2.45, 2.75) is 71.0 Å². The van der Waals surface area contributed by atoms with Gasteiger partial charge in [0.05, 0.1) is 0 Å². The molecule has 19 heavy (non-hydrogen) atoms. The normalized spacial score (nSPS) is 35.5. The molecule has 0 radical (unpaired) electrons. The molecule has 2 aliphatic heterocycles. The van der Waals surface area contributed by atoms with Gasteiger partial charge in [0, 0.05) is 24.7 Å². The van der Waals surface area contributed by atoms with E-state index in [4.69, 9.17) is 5.73 Å². The van der Waals surface area contributed by atoms with E-state index in [-0.39, 0.29) is 0 Å². The van der Waals surface area contributed by atoms with Crippen molar-refractivity contribution < 1.29 is 0 Å². The zero-order valence-corrected chi connectivity index (χ0v) is 13.1. The molecule has 3 nitrogen and oxygen atoms in total. The van der Waals surface area contributed by atoms with Gasteiger partial charge < -0.3 is 10.6 Å². The van der Waals surface area contributed by atoms with Gasteiger partial charge in [0.15, 0.2) is 0 Å². The van der Waals surface area contributed by atoms with Gasteiger partial charge in [-0.3, -0.25) is 4.90 Å². The number of rotatable bonds is 3. The van der Waals surface area contributed by atoms with Crippen molar-refractivity contribution in [2.24, 2.45) is 11.7 Å². The Morgan fingerprint density at radius 2 is 1.89 bits per heavy atom. The van der Waals surface area contributed by atoms with Crippen LogP contribution in [0.1, 0.15) is 52.9 Å². The standard InChI is InChI=1S/C16H33N3/c1-13(2)18-8-4-5-15(7-9-18)19-10-6-14(3)11-16(19)12-17/h13-16H,4-12,17H2,1-3H3. The molecule has 0 aliphatic carbocycles. The molecule has 0 aromatic rings. The summed E-state index contributed by atoms with van der Waals surface area (Å²) < 4.78 is 0. The van der Waals surface area contributed by atoms with Gasteiger partial charge in [0.1, 0.15) is 0 Å². The van der Waals surface area contributed by atoms with Gasteiger partial charge in [-0.05, 0) is 71.5 Å². The average Bonchev–Trinajstić information content (AvgIpc) is 2.64. The largest absolute Gasteiger partial charge is 0.329 e. The molecule has 3 heteroatoms. The molecule has 0 aromatic carbocycles. The highest BCUT2D eigenvalue weighted by molar-refractivity contribution is 4.87. The molecule has 0 saturated carbocycles. The topological polar surface area (TPSA) is 32.5 Å². The van der Waals surface area contributed by atoms with Gasteiger partial charge in [-0.1, -0.05) is 6.92 Å². The van der Waals surface area contributed by atoms with E-state index in [1.165, 1.54) is 51.7 Å². The summed E-state index contributed by atoms with van der Waals surface area (Å²) in [7, 11) is 0. The van der Waals surface area contributed by atoms with Gasteiger partial charge in [-0.2, -0.15) is 0 Å². The fourth-order valence-corrected chi connectivity index (χ4v) is 3.93. The van der Waals surface area contributed by atoms with Gasteiger partial charge >= 0.3 is 0 Å². The molecule has 0 amide bonds. The van der Waals surface area contributed by atoms with E-state index in [2.05, 4.69) is 30.6 Å². The lowest BCUT2D eigenvalue weighted by molar-refractivity contribution is 0.0678. The molecule has 0 aromatic heterocycles. The second-order valence-corrected chi connectivity index (χ2v) is 6.97. The maximum Gasteiger partial charge on any atom is 0.0223 e. The van der Waals surface area contributed by atoms with Crippen LogP contribution in [-0.2, 0) is 0 Å². The number of nitrogens with zero attached hydrogens (tertiary/aromatic N) is 2. The first kappa shape index (κ1) is 15.3. The third-order valence-corrected chi connectivity index (χ3v) is 5.23. The summed E-state index contributed by atoms with van der Waals surface area (Å²) in [5, 5.41) is 0. The van der Waals surface area contributed by atoms with Gasteiger partial charge in [0.2, 0.25) is 0 Å². The van der Waals surface area contributed by atoms with E-state index in [1.807, 2.05) is 0 Å². The van der Waals surface area contributed by atoms with E-state index in [0.717, 1.165) is 18.5 Å². The Kier molecular flexibility index (Phi) is 5.67. The summed E-state index contributed by atoms with van der Waals surface area (Å²) >= 11 is 0. The third-order valence-electron chi connectivity index (χ3n) is 5.23. The molecule has 2 heterocycles. The highest BCUT2D eigenvalue weighted by Gasteiger charge is 2.31. The summed E-state index contributed by atoms with van der Waals surface area (Å²) in [5.74, 6) is 0.864. The number of likely N-dealkylation sites (tertiary alicyclic amines) is 2. The zero-order valence-electron chi connectivity index (χ0n) is 13.1. The number of hydrogen-bond acceptors (Lipinski definition) is 3. The fourth-order valence-electron chi connectivity index (χ4n) is 3.93. The Morgan fingerprint density at radius 3 is 2.58 bits per heavy atom. The van der Waals surface area contributed by atoms with E-state index in [0.29, 0.717) is 12.1 Å². The van der Waals surface area contributed by atoms with Crippen LogP contribution in [0, 0.1) is 5.92 Å². The van der Waals surface area contributed by atoms with Gasteiger partial charge in [0.25, 0.3) is 0 Å². The minimum Gasteiger partial charge on any atom is -0.329 e. The average molecular weight is 267 g/mol.